The van der Waals surface area contributed by atoms with Gasteiger partial charge >= 0.3 is 0 Å². The van der Waals surface area contributed by atoms with Crippen molar-refractivity contribution >= 4 is 11.8 Å². The van der Waals surface area contributed by atoms with Crippen LogP contribution < -0.4 is 10.9 Å². The van der Waals surface area contributed by atoms with E-state index in [4.69, 9.17) is 5.26 Å². The van der Waals surface area contributed by atoms with Crippen molar-refractivity contribution in [2.24, 2.45) is 0 Å². The number of aromatic amines is 1. The van der Waals surface area contributed by atoms with E-state index in [1.807, 2.05) is 13.1 Å². The molecular formula is C18H23N5O3. The number of pyridine rings is 1. The van der Waals surface area contributed by atoms with Crippen LogP contribution in [0.2, 0.25) is 0 Å². The lowest BCUT2D eigenvalue weighted by Gasteiger charge is -2.49. The van der Waals surface area contributed by atoms with E-state index < -0.39 is 5.56 Å². The molecule has 0 aromatic carbocycles. The minimum Gasteiger partial charge on any atom is -0.356 e. The standard InChI is InChI=1S/C18H23N5O3/c1-12-14(9-13(10-19)16(25)21-12)17(26)23-8-7-22(2)18(11-23)4-3-15(24)20-6-5-18/h9H,3-8,11H2,1-2H3,(H,20,24)(H,21,25). The number of amides is 2. The Morgan fingerprint density at radius 1 is 1.31 bits per heavy atom. The molecule has 2 aliphatic rings. The highest BCUT2D eigenvalue weighted by molar-refractivity contribution is 5.95. The summed E-state index contributed by atoms with van der Waals surface area (Å²) >= 11 is 0. The lowest BCUT2D eigenvalue weighted by Crippen LogP contribution is -2.62. The van der Waals surface area contributed by atoms with E-state index in [1.165, 1.54) is 6.07 Å². The maximum atomic E-state index is 13.1. The van der Waals surface area contributed by atoms with E-state index in [2.05, 4.69) is 15.2 Å². The summed E-state index contributed by atoms with van der Waals surface area (Å²) in [7, 11) is 2.04. The lowest BCUT2D eigenvalue weighted by atomic mass is 9.86. The molecule has 0 radical (unpaired) electrons. The van der Waals surface area contributed by atoms with Gasteiger partial charge in [-0.25, -0.2) is 0 Å². The number of hydrogen-bond acceptors (Lipinski definition) is 5. The van der Waals surface area contributed by atoms with Crippen LogP contribution in [0.3, 0.4) is 0 Å². The molecule has 1 unspecified atom stereocenters. The Morgan fingerprint density at radius 2 is 2.08 bits per heavy atom. The third-order valence-corrected chi connectivity index (χ3v) is 5.61. The third kappa shape index (κ3) is 3.22. The molecule has 26 heavy (non-hydrogen) atoms. The maximum absolute atomic E-state index is 13.1. The number of nitriles is 1. The third-order valence-electron chi connectivity index (χ3n) is 5.61. The molecular weight excluding hydrogens is 334 g/mol. The number of nitrogens with one attached hydrogen (secondary N) is 2. The zero-order valence-electron chi connectivity index (χ0n) is 15.1. The monoisotopic (exact) mass is 357 g/mol. The van der Waals surface area contributed by atoms with E-state index in [0.717, 1.165) is 6.42 Å². The number of aromatic nitrogens is 1. The van der Waals surface area contributed by atoms with Gasteiger partial charge < -0.3 is 15.2 Å². The predicted octanol–water partition coefficient (Wildman–Crippen LogP) is -0.0185. The second kappa shape index (κ2) is 6.92. The predicted molar refractivity (Wildman–Crippen MR) is 94.6 cm³/mol. The molecule has 2 aliphatic heterocycles. The number of rotatable bonds is 1. The number of hydrogen-bond donors (Lipinski definition) is 2. The van der Waals surface area contributed by atoms with E-state index >= 15 is 0 Å². The SMILES string of the molecule is Cc1[nH]c(=O)c(C#N)cc1C(=O)N1CCN(C)C2(CCNC(=O)CC2)C1. The number of likely N-dealkylation sites (N-methyl/N-ethyl adjacent to an activating group) is 1. The number of carbonyl (C=O) groups is 2. The van der Waals surface area contributed by atoms with Gasteiger partial charge in [-0.2, -0.15) is 5.26 Å². The highest BCUT2D eigenvalue weighted by atomic mass is 16.2. The summed E-state index contributed by atoms with van der Waals surface area (Å²) in [6.45, 7) is 4.07. The van der Waals surface area contributed by atoms with Gasteiger partial charge in [0.25, 0.3) is 11.5 Å². The van der Waals surface area contributed by atoms with Crippen molar-refractivity contribution in [1.82, 2.24) is 20.1 Å². The lowest BCUT2D eigenvalue weighted by molar-refractivity contribution is -0.121. The summed E-state index contributed by atoms with van der Waals surface area (Å²) in [5.41, 5.74) is 0.0338. The number of aryl methyl sites for hydroxylation is 1. The number of piperazine rings is 1. The van der Waals surface area contributed by atoms with Gasteiger partial charge in [-0.1, -0.05) is 0 Å². The second-order valence-corrected chi connectivity index (χ2v) is 7.14. The zero-order chi connectivity index (χ0) is 18.9. The highest BCUT2D eigenvalue weighted by Gasteiger charge is 2.42. The Morgan fingerprint density at radius 3 is 2.81 bits per heavy atom. The van der Waals surface area contributed by atoms with Crippen molar-refractivity contribution in [1.29, 1.82) is 5.26 Å². The average molecular weight is 357 g/mol. The molecule has 2 saturated heterocycles. The largest absolute Gasteiger partial charge is 0.356 e. The summed E-state index contributed by atoms with van der Waals surface area (Å²) in [4.78, 5) is 43.1. The molecule has 0 saturated carbocycles. The van der Waals surface area contributed by atoms with Crippen molar-refractivity contribution in [2.75, 3.05) is 33.2 Å². The quantitative estimate of drug-likeness (QED) is 0.734. The summed E-state index contributed by atoms with van der Waals surface area (Å²) in [6.07, 6.45) is 1.93. The Kier molecular flexibility index (Phi) is 4.83. The van der Waals surface area contributed by atoms with Crippen LogP contribution in [-0.2, 0) is 4.79 Å². The van der Waals surface area contributed by atoms with Crippen molar-refractivity contribution in [3.63, 3.8) is 0 Å². The van der Waals surface area contributed by atoms with Crippen LogP contribution in [0, 0.1) is 18.3 Å². The van der Waals surface area contributed by atoms with E-state index in [9.17, 15) is 14.4 Å². The number of H-pyrrole nitrogens is 1. The number of nitrogens with zero attached hydrogens (tertiary/aromatic N) is 3. The van der Waals surface area contributed by atoms with Crippen LogP contribution in [0.15, 0.2) is 10.9 Å². The van der Waals surface area contributed by atoms with Crippen LogP contribution in [0.1, 0.15) is 40.9 Å². The van der Waals surface area contributed by atoms with Gasteiger partial charge in [0.15, 0.2) is 0 Å². The molecule has 2 N–H and O–H groups in total. The first-order valence-corrected chi connectivity index (χ1v) is 8.77. The van der Waals surface area contributed by atoms with Gasteiger partial charge in [-0.15, -0.1) is 0 Å². The zero-order valence-corrected chi connectivity index (χ0v) is 15.1. The van der Waals surface area contributed by atoms with Crippen molar-refractivity contribution in [3.05, 3.63) is 33.2 Å². The fraction of sp³-hybridized carbons (Fsp3) is 0.556. The molecule has 8 heteroatoms. The Labute approximate surface area is 151 Å². The van der Waals surface area contributed by atoms with Crippen LogP contribution in [-0.4, -0.2) is 65.4 Å². The maximum Gasteiger partial charge on any atom is 0.266 e. The number of carbonyl (C=O) groups excluding carboxylic acids is 2. The molecule has 0 aliphatic carbocycles. The summed E-state index contributed by atoms with van der Waals surface area (Å²) < 4.78 is 0. The smallest absolute Gasteiger partial charge is 0.266 e. The highest BCUT2D eigenvalue weighted by Crippen LogP contribution is 2.31. The van der Waals surface area contributed by atoms with Crippen molar-refractivity contribution in [2.45, 2.75) is 31.7 Å². The molecule has 2 amide bonds. The normalized spacial score (nSPS) is 24.0. The van der Waals surface area contributed by atoms with Crippen LogP contribution in [0.25, 0.3) is 0 Å². The van der Waals surface area contributed by atoms with Crippen molar-refractivity contribution < 1.29 is 9.59 Å². The van der Waals surface area contributed by atoms with Gasteiger partial charge in [0.1, 0.15) is 11.6 Å². The Bertz CT molecular complexity index is 840. The molecule has 1 aromatic heterocycles. The van der Waals surface area contributed by atoms with E-state index in [1.54, 1.807) is 11.8 Å². The van der Waals surface area contributed by atoms with Gasteiger partial charge in [0.2, 0.25) is 5.91 Å². The van der Waals surface area contributed by atoms with Gasteiger partial charge in [0, 0.05) is 43.8 Å². The molecule has 138 valence electrons. The first-order valence-electron chi connectivity index (χ1n) is 8.77. The minimum atomic E-state index is -0.482. The van der Waals surface area contributed by atoms with E-state index in [0.29, 0.717) is 50.3 Å². The van der Waals surface area contributed by atoms with E-state index in [-0.39, 0.29) is 22.9 Å². The molecule has 1 atom stereocenters. The van der Waals surface area contributed by atoms with Crippen LogP contribution in [0.4, 0.5) is 0 Å². The van der Waals surface area contributed by atoms with Gasteiger partial charge in [0.05, 0.1) is 5.56 Å². The summed E-state index contributed by atoms with van der Waals surface area (Å²) in [5.74, 6) is -0.139. The minimum absolute atomic E-state index is 0.0499. The van der Waals surface area contributed by atoms with Crippen LogP contribution >= 0.6 is 0 Å². The van der Waals surface area contributed by atoms with Crippen molar-refractivity contribution in [3.8, 4) is 6.07 Å². The fourth-order valence-electron chi connectivity index (χ4n) is 3.87. The first kappa shape index (κ1) is 18.1. The van der Waals surface area contributed by atoms with Gasteiger partial charge in [-0.3, -0.25) is 19.3 Å². The van der Waals surface area contributed by atoms with Crippen LogP contribution in [0.5, 0.6) is 0 Å². The molecule has 3 rings (SSSR count). The Hall–Kier alpha value is -2.66. The molecule has 0 bridgehead atoms. The topological polar surface area (TPSA) is 109 Å². The fourth-order valence-corrected chi connectivity index (χ4v) is 3.87. The summed E-state index contributed by atoms with van der Waals surface area (Å²) in [6, 6.07) is 3.20. The Balaban J connectivity index is 1.88. The molecule has 1 aromatic rings. The second-order valence-electron chi connectivity index (χ2n) is 7.14. The average Bonchev–Trinajstić information content (AvgIpc) is 2.79. The molecule has 2 fully saturated rings. The first-order chi connectivity index (χ1) is 12.4. The van der Waals surface area contributed by atoms with Gasteiger partial charge in [-0.05, 0) is 32.9 Å². The molecule has 8 nitrogen and oxygen atoms in total. The molecule has 3 heterocycles. The summed E-state index contributed by atoms with van der Waals surface area (Å²) in [5, 5.41) is 12.0. The molecule has 1 spiro atoms.